The molecule has 1 aliphatic rings. The van der Waals surface area contributed by atoms with Crippen LogP contribution in [0.5, 0.6) is 0 Å². The van der Waals surface area contributed by atoms with Crippen LogP contribution in [-0.4, -0.2) is 35.3 Å². The van der Waals surface area contributed by atoms with E-state index in [1.54, 1.807) is 7.05 Å². The van der Waals surface area contributed by atoms with Crippen molar-refractivity contribution >= 4 is 5.91 Å². The second kappa shape index (κ2) is 6.30. The fourth-order valence-corrected chi connectivity index (χ4v) is 2.72. The zero-order valence-electron chi connectivity index (χ0n) is 12.4. The van der Waals surface area contributed by atoms with Crippen molar-refractivity contribution in [1.29, 1.82) is 0 Å². The van der Waals surface area contributed by atoms with Crippen molar-refractivity contribution in [1.82, 2.24) is 4.90 Å². The van der Waals surface area contributed by atoms with Gasteiger partial charge in [0, 0.05) is 13.5 Å². The third kappa shape index (κ3) is 2.89. The maximum atomic E-state index is 12.3. The van der Waals surface area contributed by atoms with Crippen LogP contribution < -0.4 is 0 Å². The van der Waals surface area contributed by atoms with Gasteiger partial charge in [-0.25, -0.2) is 0 Å². The topological polar surface area (TPSA) is 49.8 Å². The van der Waals surface area contributed by atoms with Crippen LogP contribution >= 0.6 is 0 Å². The summed E-state index contributed by atoms with van der Waals surface area (Å²) in [6.45, 7) is 0. The molecule has 1 fully saturated rings. The predicted molar refractivity (Wildman–Crippen MR) is 83.0 cm³/mol. The van der Waals surface area contributed by atoms with Crippen molar-refractivity contribution in [2.24, 2.45) is 0 Å². The fraction of sp³-hybridized carbons (Fsp3) is 0.278. The Morgan fingerprint density at radius 3 is 2.27 bits per heavy atom. The molecule has 0 saturated carbocycles. The van der Waals surface area contributed by atoms with Crippen molar-refractivity contribution < 1.29 is 14.6 Å². The number of carbonyl (C=O) groups excluding carboxylic acids is 1. The molecule has 0 bridgehead atoms. The molecule has 114 valence electrons. The van der Waals surface area contributed by atoms with E-state index in [4.69, 9.17) is 4.74 Å². The zero-order valence-corrected chi connectivity index (χ0v) is 12.4. The number of carbonyl (C=O) groups is 1. The first-order valence-corrected chi connectivity index (χ1v) is 7.36. The number of benzene rings is 2. The summed E-state index contributed by atoms with van der Waals surface area (Å²) in [5, 5.41) is 10.2. The molecule has 2 aromatic rings. The number of likely N-dealkylation sites (N-methyl/N-ethyl adjacent to an activating group) is 1. The van der Waals surface area contributed by atoms with E-state index in [1.807, 2.05) is 60.7 Å². The normalized spacial score (nSPS) is 25.3. The van der Waals surface area contributed by atoms with E-state index in [-0.39, 0.29) is 12.1 Å². The second-order valence-corrected chi connectivity index (χ2v) is 5.51. The number of rotatable bonds is 3. The lowest BCUT2D eigenvalue weighted by atomic mass is 10.00. The minimum Gasteiger partial charge on any atom is -0.380 e. The summed E-state index contributed by atoms with van der Waals surface area (Å²) in [6.07, 6.45) is -1.58. The highest BCUT2D eigenvalue weighted by Crippen LogP contribution is 2.30. The SMILES string of the molecule is CN1C(=O)[C@H](O)[C@@H](c2ccccc2)O[C@H]1Cc1ccccc1. The van der Waals surface area contributed by atoms with E-state index in [0.717, 1.165) is 11.1 Å². The smallest absolute Gasteiger partial charge is 0.256 e. The molecule has 0 radical (unpaired) electrons. The highest BCUT2D eigenvalue weighted by Gasteiger charge is 2.40. The van der Waals surface area contributed by atoms with E-state index in [2.05, 4.69) is 0 Å². The molecule has 1 N–H and O–H groups in total. The number of hydrogen-bond acceptors (Lipinski definition) is 3. The van der Waals surface area contributed by atoms with Crippen LogP contribution in [0, 0.1) is 0 Å². The second-order valence-electron chi connectivity index (χ2n) is 5.51. The van der Waals surface area contributed by atoms with Gasteiger partial charge in [-0.1, -0.05) is 60.7 Å². The maximum absolute atomic E-state index is 12.3. The van der Waals surface area contributed by atoms with Gasteiger partial charge in [0.1, 0.15) is 12.3 Å². The van der Waals surface area contributed by atoms with Gasteiger partial charge < -0.3 is 14.7 Å². The van der Waals surface area contributed by atoms with Gasteiger partial charge in [-0.2, -0.15) is 0 Å². The number of aliphatic hydroxyl groups excluding tert-OH is 1. The van der Waals surface area contributed by atoms with Gasteiger partial charge in [-0.15, -0.1) is 0 Å². The third-order valence-electron chi connectivity index (χ3n) is 4.00. The highest BCUT2D eigenvalue weighted by atomic mass is 16.5. The Hall–Kier alpha value is -2.17. The van der Waals surface area contributed by atoms with Crippen LogP contribution in [0.25, 0.3) is 0 Å². The number of ether oxygens (including phenoxy) is 1. The van der Waals surface area contributed by atoms with Crippen LogP contribution in [0.15, 0.2) is 60.7 Å². The van der Waals surface area contributed by atoms with E-state index >= 15 is 0 Å². The molecule has 4 heteroatoms. The Labute approximate surface area is 130 Å². The number of nitrogens with zero attached hydrogens (tertiary/aromatic N) is 1. The lowest BCUT2D eigenvalue weighted by Crippen LogP contribution is -2.53. The third-order valence-corrected chi connectivity index (χ3v) is 4.00. The van der Waals surface area contributed by atoms with Crippen LogP contribution in [0.3, 0.4) is 0 Å². The minimum absolute atomic E-state index is 0.305. The van der Waals surface area contributed by atoms with Crippen molar-refractivity contribution in [3.8, 4) is 0 Å². The van der Waals surface area contributed by atoms with Gasteiger partial charge in [0.15, 0.2) is 6.10 Å². The van der Waals surface area contributed by atoms with E-state index in [1.165, 1.54) is 4.90 Å². The summed E-state index contributed by atoms with van der Waals surface area (Å²) < 4.78 is 6.03. The monoisotopic (exact) mass is 297 g/mol. The largest absolute Gasteiger partial charge is 0.380 e. The van der Waals surface area contributed by atoms with Gasteiger partial charge in [0.25, 0.3) is 5.91 Å². The molecule has 22 heavy (non-hydrogen) atoms. The number of amides is 1. The predicted octanol–water partition coefficient (Wildman–Crippen LogP) is 2.15. The first-order chi connectivity index (χ1) is 10.7. The first kappa shape index (κ1) is 14.8. The van der Waals surface area contributed by atoms with Gasteiger partial charge in [-0.05, 0) is 11.1 Å². The van der Waals surface area contributed by atoms with Crippen LogP contribution in [0.2, 0.25) is 0 Å². The Morgan fingerprint density at radius 1 is 1.05 bits per heavy atom. The van der Waals surface area contributed by atoms with Gasteiger partial charge in [0.05, 0.1) is 0 Å². The Morgan fingerprint density at radius 2 is 1.64 bits per heavy atom. The summed E-state index contributed by atoms with van der Waals surface area (Å²) >= 11 is 0. The number of aliphatic hydroxyl groups is 1. The van der Waals surface area contributed by atoms with E-state index in [9.17, 15) is 9.90 Å². The van der Waals surface area contributed by atoms with Gasteiger partial charge in [0.2, 0.25) is 0 Å². The maximum Gasteiger partial charge on any atom is 0.256 e. The average molecular weight is 297 g/mol. The average Bonchev–Trinajstić information content (AvgIpc) is 2.57. The van der Waals surface area contributed by atoms with E-state index in [0.29, 0.717) is 6.42 Å². The summed E-state index contributed by atoms with van der Waals surface area (Å²) in [7, 11) is 1.67. The minimum atomic E-state index is -1.17. The van der Waals surface area contributed by atoms with Crippen LogP contribution in [0.1, 0.15) is 17.2 Å². The molecular formula is C18H19NO3. The Bertz CT molecular complexity index is 629. The molecule has 0 aromatic heterocycles. The molecule has 0 aliphatic carbocycles. The zero-order chi connectivity index (χ0) is 15.5. The van der Waals surface area contributed by atoms with E-state index < -0.39 is 12.2 Å². The molecule has 3 rings (SSSR count). The molecule has 0 unspecified atom stereocenters. The molecule has 1 aliphatic heterocycles. The van der Waals surface area contributed by atoms with Gasteiger partial charge in [-0.3, -0.25) is 4.79 Å². The molecule has 2 aromatic carbocycles. The standard InChI is InChI=1S/C18H19NO3/c1-19-15(12-13-8-4-2-5-9-13)22-17(16(20)18(19)21)14-10-6-3-7-11-14/h2-11,15-17,20H,12H2,1H3/t15-,16+,17+/m0/s1. The first-order valence-electron chi connectivity index (χ1n) is 7.36. The van der Waals surface area contributed by atoms with Crippen LogP contribution in [-0.2, 0) is 16.0 Å². The number of hydrogen-bond donors (Lipinski definition) is 1. The summed E-state index contributed by atoms with van der Waals surface area (Å²) in [5.74, 6) is -0.305. The van der Waals surface area contributed by atoms with Crippen LogP contribution in [0.4, 0.5) is 0 Å². The van der Waals surface area contributed by atoms with Crippen molar-refractivity contribution in [3.05, 3.63) is 71.8 Å². The lowest BCUT2D eigenvalue weighted by Gasteiger charge is -2.40. The molecule has 1 heterocycles. The van der Waals surface area contributed by atoms with Crippen molar-refractivity contribution in [2.75, 3.05) is 7.05 Å². The molecule has 3 atom stereocenters. The quantitative estimate of drug-likeness (QED) is 0.944. The molecular weight excluding hydrogens is 278 g/mol. The fourth-order valence-electron chi connectivity index (χ4n) is 2.72. The molecule has 1 amide bonds. The Kier molecular flexibility index (Phi) is 4.22. The molecule has 1 saturated heterocycles. The lowest BCUT2D eigenvalue weighted by molar-refractivity contribution is -0.197. The van der Waals surface area contributed by atoms with Crippen molar-refractivity contribution in [2.45, 2.75) is 24.9 Å². The Balaban J connectivity index is 1.83. The van der Waals surface area contributed by atoms with Gasteiger partial charge >= 0.3 is 0 Å². The van der Waals surface area contributed by atoms with Crippen molar-refractivity contribution in [3.63, 3.8) is 0 Å². The summed E-state index contributed by atoms with van der Waals surface area (Å²) in [4.78, 5) is 13.8. The summed E-state index contributed by atoms with van der Waals surface area (Å²) in [5.41, 5.74) is 1.91. The molecule has 0 spiro atoms. The highest BCUT2D eigenvalue weighted by molar-refractivity contribution is 5.82. The summed E-state index contributed by atoms with van der Waals surface area (Å²) in [6, 6.07) is 19.3. The molecule has 4 nitrogen and oxygen atoms in total.